The van der Waals surface area contributed by atoms with E-state index in [0.29, 0.717) is 18.1 Å². The zero-order valence-corrected chi connectivity index (χ0v) is 17.2. The maximum atomic E-state index is 12.5. The Balaban J connectivity index is 1.35. The van der Waals surface area contributed by atoms with Crippen molar-refractivity contribution in [3.8, 4) is 5.75 Å². The lowest BCUT2D eigenvalue weighted by Crippen LogP contribution is -2.12. The summed E-state index contributed by atoms with van der Waals surface area (Å²) in [5.74, 6) is 0.509. The number of nitrogens with one attached hydrogen (secondary N) is 1. The number of rotatable bonds is 8. The molecule has 0 unspecified atom stereocenters. The summed E-state index contributed by atoms with van der Waals surface area (Å²) in [5.41, 5.74) is 2.15. The number of nitro groups is 1. The molecule has 0 aliphatic carbocycles. The largest absolute Gasteiger partial charge is 0.479 e. The van der Waals surface area contributed by atoms with Crippen LogP contribution in [0.15, 0.2) is 77.3 Å². The number of carbonyl (C=O) groups excluding carboxylic acids is 1. The van der Waals surface area contributed by atoms with Crippen molar-refractivity contribution >= 4 is 17.4 Å². The molecule has 2 aromatic heterocycles. The molecule has 1 amide bonds. The van der Waals surface area contributed by atoms with Crippen molar-refractivity contribution in [2.24, 2.45) is 0 Å². The van der Waals surface area contributed by atoms with Gasteiger partial charge in [0.2, 0.25) is 0 Å². The lowest BCUT2D eigenvalue weighted by Gasteiger charge is -2.04. The van der Waals surface area contributed by atoms with Crippen LogP contribution in [-0.2, 0) is 13.2 Å². The van der Waals surface area contributed by atoms with Gasteiger partial charge in [-0.3, -0.25) is 19.6 Å². The molecule has 0 spiro atoms. The molecule has 2 heterocycles. The fourth-order valence-corrected chi connectivity index (χ4v) is 3.03. The third-order valence-electron chi connectivity index (χ3n) is 4.66. The summed E-state index contributed by atoms with van der Waals surface area (Å²) in [7, 11) is 0. The zero-order chi connectivity index (χ0) is 22.5. The van der Waals surface area contributed by atoms with Gasteiger partial charge in [-0.25, -0.2) is 0 Å². The standard InChI is InChI=1S/C23H20N4O5/c1-16-6-8-17(9-7-16)14-26-13-12-22(25-26)24-23(28)21-11-10-18(32-21)15-31-20-5-3-2-4-19(20)27(29)30/h2-13H,14-15H2,1H3,(H,24,25,28). The number of nitro benzene ring substituents is 1. The van der Waals surface area contributed by atoms with Crippen LogP contribution >= 0.6 is 0 Å². The van der Waals surface area contributed by atoms with E-state index in [4.69, 9.17) is 9.15 Å². The third-order valence-corrected chi connectivity index (χ3v) is 4.66. The summed E-state index contributed by atoms with van der Waals surface area (Å²) in [6.07, 6.45) is 1.78. The second-order valence-corrected chi connectivity index (χ2v) is 7.12. The number of furan rings is 1. The van der Waals surface area contributed by atoms with Crippen molar-refractivity contribution in [3.05, 3.63) is 106 Å². The highest BCUT2D eigenvalue weighted by molar-refractivity contribution is 6.01. The fraction of sp³-hybridized carbons (Fsp3) is 0.130. The highest BCUT2D eigenvalue weighted by atomic mass is 16.6. The number of ether oxygens (including phenoxy) is 1. The summed E-state index contributed by atoms with van der Waals surface area (Å²) in [6, 6.07) is 19.0. The van der Waals surface area contributed by atoms with E-state index in [-0.39, 0.29) is 23.8 Å². The number of amides is 1. The summed E-state index contributed by atoms with van der Waals surface area (Å²) in [6.45, 7) is 2.57. The number of anilines is 1. The minimum absolute atomic E-state index is 0.0523. The van der Waals surface area contributed by atoms with E-state index in [2.05, 4.69) is 10.4 Å². The van der Waals surface area contributed by atoms with Gasteiger partial charge < -0.3 is 14.5 Å². The van der Waals surface area contributed by atoms with E-state index < -0.39 is 10.8 Å². The maximum absolute atomic E-state index is 12.5. The van der Waals surface area contributed by atoms with Crippen LogP contribution in [0, 0.1) is 17.0 Å². The van der Waals surface area contributed by atoms with E-state index >= 15 is 0 Å². The van der Waals surface area contributed by atoms with Crippen LogP contribution in [0.25, 0.3) is 0 Å². The summed E-state index contributed by atoms with van der Waals surface area (Å²) in [5, 5.41) is 18.1. The molecule has 0 aliphatic heterocycles. The number of hydrogen-bond donors (Lipinski definition) is 1. The molecule has 4 rings (SSSR count). The van der Waals surface area contributed by atoms with Crippen molar-refractivity contribution in [3.63, 3.8) is 0 Å². The zero-order valence-electron chi connectivity index (χ0n) is 17.2. The number of carbonyl (C=O) groups is 1. The van der Waals surface area contributed by atoms with Crippen molar-refractivity contribution < 1.29 is 18.9 Å². The Bertz CT molecular complexity index is 1240. The minimum atomic E-state index is -0.520. The van der Waals surface area contributed by atoms with Crippen LogP contribution in [0.1, 0.15) is 27.4 Å². The molecule has 0 aliphatic rings. The van der Waals surface area contributed by atoms with Crippen molar-refractivity contribution in [1.29, 1.82) is 0 Å². The van der Waals surface area contributed by atoms with Gasteiger partial charge in [0, 0.05) is 18.3 Å². The fourth-order valence-electron chi connectivity index (χ4n) is 3.03. The molecule has 0 atom stereocenters. The van der Waals surface area contributed by atoms with E-state index in [1.54, 1.807) is 35.1 Å². The monoisotopic (exact) mass is 432 g/mol. The number of aromatic nitrogens is 2. The predicted octanol–water partition coefficient (Wildman–Crippen LogP) is 4.57. The number of para-hydroxylation sites is 2. The minimum Gasteiger partial charge on any atom is -0.479 e. The van der Waals surface area contributed by atoms with Crippen LogP contribution in [0.4, 0.5) is 11.5 Å². The molecule has 0 bridgehead atoms. The second kappa shape index (κ2) is 9.17. The number of hydrogen-bond acceptors (Lipinski definition) is 6. The van der Waals surface area contributed by atoms with Crippen molar-refractivity contribution in [2.45, 2.75) is 20.1 Å². The lowest BCUT2D eigenvalue weighted by molar-refractivity contribution is -0.386. The summed E-state index contributed by atoms with van der Waals surface area (Å²) < 4.78 is 12.7. The molecule has 1 N–H and O–H groups in total. The topological polar surface area (TPSA) is 112 Å². The van der Waals surface area contributed by atoms with E-state index in [9.17, 15) is 14.9 Å². The number of aryl methyl sites for hydroxylation is 1. The molecule has 2 aromatic carbocycles. The molecule has 162 valence electrons. The Kier molecular flexibility index (Phi) is 5.98. The first kappa shape index (κ1) is 20.9. The Morgan fingerprint density at radius 3 is 2.69 bits per heavy atom. The van der Waals surface area contributed by atoms with Crippen molar-refractivity contribution in [2.75, 3.05) is 5.32 Å². The second-order valence-electron chi connectivity index (χ2n) is 7.12. The maximum Gasteiger partial charge on any atom is 0.310 e. The summed E-state index contributed by atoms with van der Waals surface area (Å²) >= 11 is 0. The van der Waals surface area contributed by atoms with Crippen LogP contribution in [0.5, 0.6) is 5.75 Å². The van der Waals surface area contributed by atoms with Gasteiger partial charge in [-0.1, -0.05) is 42.0 Å². The molecule has 32 heavy (non-hydrogen) atoms. The molecule has 0 radical (unpaired) electrons. The molecule has 0 saturated heterocycles. The molecule has 9 heteroatoms. The van der Waals surface area contributed by atoms with E-state index in [1.807, 2.05) is 31.2 Å². The van der Waals surface area contributed by atoms with Crippen molar-refractivity contribution in [1.82, 2.24) is 9.78 Å². The van der Waals surface area contributed by atoms with Crippen LogP contribution in [0.2, 0.25) is 0 Å². The van der Waals surface area contributed by atoms with Gasteiger partial charge in [0.1, 0.15) is 12.4 Å². The SMILES string of the molecule is Cc1ccc(Cn2ccc(NC(=O)c3ccc(COc4ccccc4[N+](=O)[O-])o3)n2)cc1. The third kappa shape index (κ3) is 5.01. The van der Waals surface area contributed by atoms with Crippen LogP contribution < -0.4 is 10.1 Å². The average molecular weight is 432 g/mol. The van der Waals surface area contributed by atoms with Crippen LogP contribution in [-0.4, -0.2) is 20.6 Å². The molecular formula is C23H20N4O5. The summed E-state index contributed by atoms with van der Waals surface area (Å²) in [4.78, 5) is 23.0. The van der Waals surface area contributed by atoms with Gasteiger partial charge >= 0.3 is 5.69 Å². The van der Waals surface area contributed by atoms with Gasteiger partial charge in [0.25, 0.3) is 5.91 Å². The van der Waals surface area contributed by atoms with Gasteiger partial charge in [-0.2, -0.15) is 5.10 Å². The first-order valence-corrected chi connectivity index (χ1v) is 9.83. The highest BCUT2D eigenvalue weighted by Gasteiger charge is 2.16. The number of benzene rings is 2. The molecule has 4 aromatic rings. The van der Waals surface area contributed by atoms with E-state index in [0.717, 1.165) is 5.56 Å². The average Bonchev–Trinajstić information content (AvgIpc) is 3.43. The Hall–Kier alpha value is -4.40. The van der Waals surface area contributed by atoms with Gasteiger partial charge in [0.05, 0.1) is 11.5 Å². The van der Waals surface area contributed by atoms with Gasteiger partial charge in [-0.05, 0) is 30.7 Å². The highest BCUT2D eigenvalue weighted by Crippen LogP contribution is 2.27. The first-order chi connectivity index (χ1) is 15.5. The lowest BCUT2D eigenvalue weighted by atomic mass is 10.1. The van der Waals surface area contributed by atoms with Gasteiger partial charge in [0.15, 0.2) is 17.3 Å². The van der Waals surface area contributed by atoms with Crippen LogP contribution in [0.3, 0.4) is 0 Å². The normalized spacial score (nSPS) is 10.7. The number of nitrogens with zero attached hydrogens (tertiary/aromatic N) is 3. The predicted molar refractivity (Wildman–Crippen MR) is 117 cm³/mol. The van der Waals surface area contributed by atoms with Gasteiger partial charge in [-0.15, -0.1) is 0 Å². The quantitative estimate of drug-likeness (QED) is 0.322. The molecule has 9 nitrogen and oxygen atoms in total. The Morgan fingerprint density at radius 1 is 1.12 bits per heavy atom. The smallest absolute Gasteiger partial charge is 0.310 e. The molecular weight excluding hydrogens is 412 g/mol. The Morgan fingerprint density at radius 2 is 1.91 bits per heavy atom. The molecule has 0 fully saturated rings. The molecule has 0 saturated carbocycles. The first-order valence-electron chi connectivity index (χ1n) is 9.83. The van der Waals surface area contributed by atoms with E-state index in [1.165, 1.54) is 23.8 Å². The Labute approximate surface area is 183 Å².